The summed E-state index contributed by atoms with van der Waals surface area (Å²) < 4.78 is 2.44. The number of para-hydroxylation sites is 3. The molecule has 60 heavy (non-hydrogen) atoms. The van der Waals surface area contributed by atoms with Gasteiger partial charge in [0.05, 0.1) is 16.7 Å². The summed E-state index contributed by atoms with van der Waals surface area (Å²) in [5.74, 6) is 0. The normalized spacial score (nSPS) is 11.3. The summed E-state index contributed by atoms with van der Waals surface area (Å²) in [4.78, 5) is 2.39. The van der Waals surface area contributed by atoms with Gasteiger partial charge in [-0.25, -0.2) is 0 Å². The summed E-state index contributed by atoms with van der Waals surface area (Å²) in [6.07, 6.45) is 0. The van der Waals surface area contributed by atoms with E-state index in [1.165, 1.54) is 77.1 Å². The lowest BCUT2D eigenvalue weighted by Gasteiger charge is -2.27. The Morgan fingerprint density at radius 3 is 1.35 bits per heavy atom. The second-order valence-electron chi connectivity index (χ2n) is 15.3. The Balaban J connectivity index is 1.12. The molecule has 0 bridgehead atoms. The van der Waals surface area contributed by atoms with Gasteiger partial charge in [0, 0.05) is 33.4 Å². The van der Waals surface area contributed by atoms with Crippen LogP contribution in [-0.2, 0) is 0 Å². The van der Waals surface area contributed by atoms with Crippen LogP contribution in [0.5, 0.6) is 0 Å². The molecule has 0 saturated heterocycles. The van der Waals surface area contributed by atoms with E-state index in [1.54, 1.807) is 0 Å². The van der Waals surface area contributed by atoms with Crippen molar-refractivity contribution < 1.29 is 0 Å². The Bertz CT molecular complexity index is 3150. The molecule has 0 fully saturated rings. The number of hydrogen-bond acceptors (Lipinski definition) is 1. The van der Waals surface area contributed by atoms with Gasteiger partial charge in [-0.1, -0.05) is 182 Å². The first-order valence-corrected chi connectivity index (χ1v) is 20.6. The van der Waals surface area contributed by atoms with Crippen LogP contribution in [0.25, 0.3) is 82.8 Å². The minimum Gasteiger partial charge on any atom is -0.310 e. The molecule has 282 valence electrons. The Hall–Kier alpha value is -7.94. The standard InChI is InChI=1S/C58H40N2/c1-3-15-41(16-4-1)44-29-33-48(34-30-44)59(49-35-31-45(32-36-49)42-17-5-2-6-18-42)50-37-38-51(55(40-50)47-28-27-43-19-7-8-20-46(43)39-47)52-21-9-12-24-56(52)60-57-25-13-10-22-53(57)54-23-11-14-26-58(54)60/h1-40H. The van der Waals surface area contributed by atoms with E-state index in [0.29, 0.717) is 0 Å². The van der Waals surface area contributed by atoms with Crippen LogP contribution in [0.3, 0.4) is 0 Å². The highest BCUT2D eigenvalue weighted by Crippen LogP contribution is 2.44. The molecule has 0 amide bonds. The fourth-order valence-electron chi connectivity index (χ4n) is 8.89. The average molecular weight is 765 g/mol. The first-order valence-electron chi connectivity index (χ1n) is 20.6. The molecule has 10 aromatic carbocycles. The molecule has 0 aliphatic rings. The van der Waals surface area contributed by atoms with Crippen LogP contribution >= 0.6 is 0 Å². The predicted molar refractivity (Wildman–Crippen MR) is 255 cm³/mol. The zero-order chi connectivity index (χ0) is 39.8. The van der Waals surface area contributed by atoms with Gasteiger partial charge in [0.15, 0.2) is 0 Å². The van der Waals surface area contributed by atoms with Crippen LogP contribution in [0.4, 0.5) is 17.1 Å². The minimum atomic E-state index is 1.08. The van der Waals surface area contributed by atoms with Crippen molar-refractivity contribution in [3.8, 4) is 50.2 Å². The van der Waals surface area contributed by atoms with Crippen molar-refractivity contribution in [2.75, 3.05) is 4.90 Å². The minimum absolute atomic E-state index is 1.08. The molecule has 2 heteroatoms. The molecule has 0 spiro atoms. The number of aromatic nitrogens is 1. The van der Waals surface area contributed by atoms with Gasteiger partial charge in [-0.05, 0) is 110 Å². The van der Waals surface area contributed by atoms with E-state index in [-0.39, 0.29) is 0 Å². The van der Waals surface area contributed by atoms with Crippen LogP contribution in [0, 0.1) is 0 Å². The molecule has 11 aromatic rings. The van der Waals surface area contributed by atoms with Crippen LogP contribution in [-0.4, -0.2) is 4.57 Å². The number of hydrogen-bond donors (Lipinski definition) is 0. The largest absolute Gasteiger partial charge is 0.310 e. The number of nitrogens with zero attached hydrogens (tertiary/aromatic N) is 2. The predicted octanol–water partition coefficient (Wildman–Crippen LogP) is 16.1. The highest BCUT2D eigenvalue weighted by molar-refractivity contribution is 6.10. The van der Waals surface area contributed by atoms with Crippen molar-refractivity contribution in [2.24, 2.45) is 0 Å². The van der Waals surface area contributed by atoms with Crippen molar-refractivity contribution in [1.29, 1.82) is 0 Å². The maximum atomic E-state index is 2.44. The van der Waals surface area contributed by atoms with Gasteiger partial charge in [0.25, 0.3) is 0 Å². The molecule has 1 aromatic heterocycles. The molecule has 0 atom stereocenters. The van der Waals surface area contributed by atoms with Crippen molar-refractivity contribution in [2.45, 2.75) is 0 Å². The van der Waals surface area contributed by atoms with E-state index >= 15 is 0 Å². The van der Waals surface area contributed by atoms with E-state index in [2.05, 4.69) is 252 Å². The number of rotatable bonds is 8. The first-order chi connectivity index (χ1) is 29.8. The molecule has 0 saturated carbocycles. The summed E-state index contributed by atoms with van der Waals surface area (Å²) >= 11 is 0. The Kier molecular flexibility index (Phi) is 8.87. The SMILES string of the molecule is c1ccc(-c2ccc(N(c3ccc(-c4ccccc4)cc3)c3ccc(-c4ccccc4-n4c5ccccc5c5ccccc54)c(-c4ccc5ccccc5c4)c3)cc2)cc1. The average Bonchev–Trinajstić information content (AvgIpc) is 3.67. The quantitative estimate of drug-likeness (QED) is 0.150. The van der Waals surface area contributed by atoms with Crippen LogP contribution in [0.2, 0.25) is 0 Å². The second-order valence-corrected chi connectivity index (χ2v) is 15.3. The summed E-state index contributed by atoms with van der Waals surface area (Å²) in [5.41, 5.74) is 16.2. The Morgan fingerprint density at radius 2 is 0.733 bits per heavy atom. The van der Waals surface area contributed by atoms with Gasteiger partial charge < -0.3 is 9.47 Å². The first kappa shape index (κ1) is 35.2. The van der Waals surface area contributed by atoms with E-state index in [4.69, 9.17) is 0 Å². The maximum Gasteiger partial charge on any atom is 0.0541 e. The smallest absolute Gasteiger partial charge is 0.0541 e. The zero-order valence-corrected chi connectivity index (χ0v) is 33.0. The lowest BCUT2D eigenvalue weighted by atomic mass is 9.91. The lowest BCUT2D eigenvalue weighted by Crippen LogP contribution is -2.10. The van der Waals surface area contributed by atoms with Crippen molar-refractivity contribution in [3.63, 3.8) is 0 Å². The van der Waals surface area contributed by atoms with Gasteiger partial charge in [-0.15, -0.1) is 0 Å². The molecule has 0 N–H and O–H groups in total. The van der Waals surface area contributed by atoms with E-state index in [9.17, 15) is 0 Å². The molecule has 0 unspecified atom stereocenters. The van der Waals surface area contributed by atoms with Crippen LogP contribution in [0.1, 0.15) is 0 Å². The highest BCUT2D eigenvalue weighted by atomic mass is 15.1. The monoisotopic (exact) mass is 764 g/mol. The fourth-order valence-corrected chi connectivity index (χ4v) is 8.89. The van der Waals surface area contributed by atoms with Crippen molar-refractivity contribution >= 4 is 49.6 Å². The third-order valence-corrected chi connectivity index (χ3v) is 11.8. The van der Waals surface area contributed by atoms with E-state index in [0.717, 1.165) is 22.7 Å². The molecule has 0 aliphatic heterocycles. The molecule has 11 rings (SSSR count). The number of anilines is 3. The summed E-state index contributed by atoms with van der Waals surface area (Å²) in [6.45, 7) is 0. The lowest BCUT2D eigenvalue weighted by molar-refractivity contribution is 1.18. The third kappa shape index (κ3) is 6.32. The molecule has 2 nitrogen and oxygen atoms in total. The van der Waals surface area contributed by atoms with Crippen LogP contribution in [0.15, 0.2) is 243 Å². The highest BCUT2D eigenvalue weighted by Gasteiger charge is 2.21. The number of fused-ring (bicyclic) bond motifs is 4. The molecule has 0 aliphatic carbocycles. The summed E-state index contributed by atoms with van der Waals surface area (Å²) in [7, 11) is 0. The number of benzene rings is 10. The Morgan fingerprint density at radius 1 is 0.267 bits per heavy atom. The molecular formula is C58H40N2. The van der Waals surface area contributed by atoms with Crippen molar-refractivity contribution in [1.82, 2.24) is 4.57 Å². The molecule has 1 heterocycles. The van der Waals surface area contributed by atoms with Crippen molar-refractivity contribution in [3.05, 3.63) is 243 Å². The third-order valence-electron chi connectivity index (χ3n) is 11.8. The van der Waals surface area contributed by atoms with Gasteiger partial charge >= 0.3 is 0 Å². The van der Waals surface area contributed by atoms with Crippen LogP contribution < -0.4 is 4.90 Å². The molecule has 0 radical (unpaired) electrons. The van der Waals surface area contributed by atoms with Gasteiger partial charge in [0.2, 0.25) is 0 Å². The van der Waals surface area contributed by atoms with Gasteiger partial charge in [-0.3, -0.25) is 0 Å². The van der Waals surface area contributed by atoms with E-state index in [1.807, 2.05) is 0 Å². The summed E-state index contributed by atoms with van der Waals surface area (Å²) in [6, 6.07) is 88.0. The molecular weight excluding hydrogens is 725 g/mol. The van der Waals surface area contributed by atoms with Gasteiger partial charge in [0.1, 0.15) is 0 Å². The Labute approximate surface area is 350 Å². The fraction of sp³-hybridized carbons (Fsp3) is 0. The zero-order valence-electron chi connectivity index (χ0n) is 33.0. The summed E-state index contributed by atoms with van der Waals surface area (Å²) in [5, 5.41) is 4.94. The topological polar surface area (TPSA) is 8.17 Å². The van der Waals surface area contributed by atoms with Gasteiger partial charge in [-0.2, -0.15) is 0 Å². The van der Waals surface area contributed by atoms with E-state index < -0.39 is 0 Å². The second kappa shape index (κ2) is 15.1. The maximum absolute atomic E-state index is 2.44.